The van der Waals surface area contributed by atoms with Crippen LogP contribution in [0, 0.1) is 0 Å². The van der Waals surface area contributed by atoms with E-state index in [2.05, 4.69) is 78.6 Å². The summed E-state index contributed by atoms with van der Waals surface area (Å²) in [4.78, 5) is 0. The molecule has 4 atom stereocenters. The zero-order valence-corrected chi connectivity index (χ0v) is 24.1. The highest BCUT2D eigenvalue weighted by atomic mass is 28.4. The fraction of sp³-hybridized carbons (Fsp3) is 1.00. The molecule has 0 aromatic carbocycles. The van der Waals surface area contributed by atoms with Crippen molar-refractivity contribution in [3.05, 3.63) is 0 Å². The van der Waals surface area contributed by atoms with Crippen LogP contribution < -0.4 is 0 Å². The summed E-state index contributed by atoms with van der Waals surface area (Å²) >= 11 is 0. The average molecular weight is 469 g/mol. The maximum atomic E-state index is 11.5. The first-order valence-corrected chi connectivity index (χ1v) is 23.9. The molecule has 0 aliphatic carbocycles. The van der Waals surface area contributed by atoms with Crippen molar-refractivity contribution in [3.63, 3.8) is 0 Å². The van der Waals surface area contributed by atoms with E-state index in [1.54, 1.807) is 0 Å². The Balaban J connectivity index is 3.21. The molecule has 0 radical (unpaired) electrons. The lowest BCUT2D eigenvalue weighted by Crippen LogP contribution is -2.55. The van der Waals surface area contributed by atoms with Crippen LogP contribution in [-0.4, -0.2) is 75.7 Å². The maximum Gasteiger partial charge on any atom is 0.217 e. The van der Waals surface area contributed by atoms with E-state index in [1.807, 2.05) is 0 Å². The van der Waals surface area contributed by atoms with Crippen LogP contribution in [0.1, 0.15) is 0 Å². The van der Waals surface area contributed by atoms with E-state index < -0.39 is 45.2 Å². The van der Waals surface area contributed by atoms with Crippen LogP contribution in [0.2, 0.25) is 78.6 Å². The van der Waals surface area contributed by atoms with Gasteiger partial charge in [-0.1, -0.05) is 0 Å². The Morgan fingerprint density at radius 1 is 0.714 bits per heavy atom. The summed E-state index contributed by atoms with van der Waals surface area (Å²) in [6, 6.07) is 0. The molecule has 1 N–H and O–H groups in total. The molecule has 1 heterocycles. The SMILES string of the molecule is C[Si](C)(C)OC[C@H]1O[C@](O)(CO[Si](C)(C)C)[C@@H](O[Si](C)(C)C)[C@@H]1O[Si](C)(C)C. The molecule has 1 saturated heterocycles. The predicted molar refractivity (Wildman–Crippen MR) is 125 cm³/mol. The Hall–Kier alpha value is 0.628. The summed E-state index contributed by atoms with van der Waals surface area (Å²) in [7, 11) is -7.46. The van der Waals surface area contributed by atoms with Crippen molar-refractivity contribution in [2.24, 2.45) is 0 Å². The van der Waals surface area contributed by atoms with E-state index in [9.17, 15) is 5.11 Å². The zero-order chi connectivity index (χ0) is 22.2. The molecule has 6 nitrogen and oxygen atoms in total. The van der Waals surface area contributed by atoms with E-state index in [4.69, 9.17) is 22.4 Å². The quantitative estimate of drug-likeness (QED) is 0.484. The standard InChI is InChI=1S/C18H44O6Si4/c1-25(2,3)20-13-15-16(23-27(7,8)9)17(24-28(10,11)12)18(19,22-15)14-21-26(4,5)6/h15-17,19H,13-14H2,1-12H3/t15-,16-,17+,18-/m1/s1. The largest absolute Gasteiger partial charge is 0.415 e. The van der Waals surface area contributed by atoms with E-state index in [1.165, 1.54) is 0 Å². The number of rotatable bonds is 10. The topological polar surface area (TPSA) is 66.4 Å². The first kappa shape index (κ1) is 26.7. The van der Waals surface area contributed by atoms with Gasteiger partial charge in [-0.3, -0.25) is 0 Å². The zero-order valence-electron chi connectivity index (χ0n) is 20.1. The number of hydrogen-bond donors (Lipinski definition) is 1. The monoisotopic (exact) mass is 468 g/mol. The first-order chi connectivity index (χ1) is 12.2. The van der Waals surface area contributed by atoms with Gasteiger partial charge in [0.2, 0.25) is 5.79 Å². The molecule has 0 aromatic heterocycles. The highest BCUT2D eigenvalue weighted by Crippen LogP contribution is 2.38. The van der Waals surface area contributed by atoms with Gasteiger partial charge in [0, 0.05) is 0 Å². The number of aliphatic hydroxyl groups is 1. The predicted octanol–water partition coefficient (Wildman–Crippen LogP) is 4.22. The first-order valence-electron chi connectivity index (χ1n) is 10.2. The Kier molecular flexibility index (Phi) is 8.58. The van der Waals surface area contributed by atoms with Crippen molar-refractivity contribution < 1.29 is 27.5 Å². The van der Waals surface area contributed by atoms with Crippen LogP contribution in [0.15, 0.2) is 0 Å². The van der Waals surface area contributed by atoms with Gasteiger partial charge in [0.05, 0.1) is 13.2 Å². The fourth-order valence-corrected chi connectivity index (χ4v) is 6.31. The third-order valence-corrected chi connectivity index (χ3v) is 7.81. The molecule has 0 bridgehead atoms. The van der Waals surface area contributed by atoms with E-state index in [0.29, 0.717) is 6.61 Å². The molecule has 1 fully saturated rings. The smallest absolute Gasteiger partial charge is 0.217 e. The Labute approximate surface area is 176 Å². The van der Waals surface area contributed by atoms with Crippen LogP contribution in [0.4, 0.5) is 0 Å². The van der Waals surface area contributed by atoms with Crippen molar-refractivity contribution in [2.45, 2.75) is 103 Å². The van der Waals surface area contributed by atoms with Gasteiger partial charge in [0.25, 0.3) is 0 Å². The molecule has 1 aliphatic heterocycles. The van der Waals surface area contributed by atoms with Gasteiger partial charge in [-0.25, -0.2) is 0 Å². The van der Waals surface area contributed by atoms with Crippen LogP contribution in [0.3, 0.4) is 0 Å². The fourth-order valence-electron chi connectivity index (χ4n) is 2.83. The Bertz CT molecular complexity index is 506. The van der Waals surface area contributed by atoms with Gasteiger partial charge in [0.15, 0.2) is 33.3 Å². The molecule has 168 valence electrons. The molecule has 0 aromatic rings. The second-order valence-corrected chi connectivity index (χ2v) is 29.6. The highest BCUT2D eigenvalue weighted by Gasteiger charge is 2.58. The van der Waals surface area contributed by atoms with Crippen LogP contribution in [0.25, 0.3) is 0 Å². The minimum atomic E-state index is -1.97. The second kappa shape index (κ2) is 9.01. The van der Waals surface area contributed by atoms with Gasteiger partial charge in [-0.05, 0) is 78.6 Å². The minimum Gasteiger partial charge on any atom is -0.415 e. The lowest BCUT2D eigenvalue weighted by atomic mass is 10.1. The molecular weight excluding hydrogens is 425 g/mol. The van der Waals surface area contributed by atoms with Crippen molar-refractivity contribution in [2.75, 3.05) is 13.2 Å². The van der Waals surface area contributed by atoms with Crippen LogP contribution in [0.5, 0.6) is 0 Å². The molecule has 0 unspecified atom stereocenters. The molecule has 1 rings (SSSR count). The van der Waals surface area contributed by atoms with Crippen LogP contribution >= 0.6 is 0 Å². The lowest BCUT2D eigenvalue weighted by Gasteiger charge is -2.37. The van der Waals surface area contributed by atoms with Gasteiger partial charge < -0.3 is 27.5 Å². The lowest BCUT2D eigenvalue weighted by molar-refractivity contribution is -0.241. The number of hydrogen-bond acceptors (Lipinski definition) is 6. The summed E-state index contributed by atoms with van der Waals surface area (Å²) in [5.41, 5.74) is 0. The summed E-state index contributed by atoms with van der Waals surface area (Å²) in [6.45, 7) is 26.0. The minimum absolute atomic E-state index is 0.0902. The third kappa shape index (κ3) is 9.62. The van der Waals surface area contributed by atoms with E-state index in [0.717, 1.165) is 0 Å². The van der Waals surface area contributed by atoms with Crippen LogP contribution in [-0.2, 0) is 22.4 Å². The van der Waals surface area contributed by atoms with Gasteiger partial charge in [-0.2, -0.15) is 0 Å². The Morgan fingerprint density at radius 3 is 1.57 bits per heavy atom. The third-order valence-electron chi connectivity index (χ3n) is 3.83. The van der Waals surface area contributed by atoms with Crippen molar-refractivity contribution in [3.8, 4) is 0 Å². The van der Waals surface area contributed by atoms with Crippen molar-refractivity contribution in [1.29, 1.82) is 0 Å². The maximum absolute atomic E-state index is 11.5. The van der Waals surface area contributed by atoms with Gasteiger partial charge in [0.1, 0.15) is 18.3 Å². The molecule has 1 aliphatic rings. The van der Waals surface area contributed by atoms with E-state index >= 15 is 0 Å². The average Bonchev–Trinajstić information content (AvgIpc) is 2.64. The number of ether oxygens (including phenoxy) is 1. The molecule has 10 heteroatoms. The molecular formula is C18H44O6Si4. The molecule has 0 amide bonds. The second-order valence-electron chi connectivity index (χ2n) is 11.7. The highest BCUT2D eigenvalue weighted by molar-refractivity contribution is 6.71. The Morgan fingerprint density at radius 2 is 1.18 bits per heavy atom. The molecule has 0 spiro atoms. The van der Waals surface area contributed by atoms with Crippen molar-refractivity contribution >= 4 is 33.3 Å². The van der Waals surface area contributed by atoms with E-state index in [-0.39, 0.29) is 18.8 Å². The molecule has 28 heavy (non-hydrogen) atoms. The summed E-state index contributed by atoms with van der Waals surface area (Å²) < 4.78 is 31.4. The normalized spacial score (nSPS) is 30.1. The molecule has 0 saturated carbocycles. The summed E-state index contributed by atoms with van der Waals surface area (Å²) in [6.07, 6.45) is -1.34. The van der Waals surface area contributed by atoms with Gasteiger partial charge >= 0.3 is 0 Å². The summed E-state index contributed by atoms with van der Waals surface area (Å²) in [5, 5.41) is 11.5. The van der Waals surface area contributed by atoms with Crippen molar-refractivity contribution in [1.82, 2.24) is 0 Å². The summed E-state index contributed by atoms with van der Waals surface area (Å²) in [5.74, 6) is -1.53. The van der Waals surface area contributed by atoms with Gasteiger partial charge in [-0.15, -0.1) is 0 Å².